The molecule has 2 N–H and O–H groups in total. The number of hydrogen-bond donors (Lipinski definition) is 2. The van der Waals surface area contributed by atoms with E-state index in [0.29, 0.717) is 28.6 Å². The predicted molar refractivity (Wildman–Crippen MR) is 83.7 cm³/mol. The largest absolute Gasteiger partial charge is 0.345 e. The van der Waals surface area contributed by atoms with Gasteiger partial charge in [-0.2, -0.15) is 0 Å². The third-order valence-electron chi connectivity index (χ3n) is 3.53. The molecule has 2 rings (SSSR count). The molecule has 1 unspecified atom stereocenters. The Labute approximate surface area is 129 Å². The van der Waals surface area contributed by atoms with Gasteiger partial charge in [-0.05, 0) is 43.6 Å². The van der Waals surface area contributed by atoms with Crippen molar-refractivity contribution in [1.29, 1.82) is 0 Å². The molecule has 6 heteroatoms. The summed E-state index contributed by atoms with van der Waals surface area (Å²) >= 11 is 5.97. The maximum Gasteiger partial charge on any atom is 0.255 e. The maximum atomic E-state index is 12.1. The average molecular weight is 310 g/mol. The van der Waals surface area contributed by atoms with E-state index in [2.05, 4.69) is 10.6 Å². The van der Waals surface area contributed by atoms with Crippen molar-refractivity contribution in [2.75, 3.05) is 32.5 Å². The van der Waals surface area contributed by atoms with Crippen molar-refractivity contribution in [3.8, 4) is 0 Å². The molecule has 1 atom stereocenters. The van der Waals surface area contributed by atoms with Gasteiger partial charge in [-0.1, -0.05) is 11.6 Å². The summed E-state index contributed by atoms with van der Waals surface area (Å²) in [5.41, 5.74) is 0.916. The summed E-state index contributed by atoms with van der Waals surface area (Å²) in [6.07, 6.45) is 1.46. The van der Waals surface area contributed by atoms with Crippen molar-refractivity contribution in [2.24, 2.45) is 5.92 Å². The van der Waals surface area contributed by atoms with E-state index >= 15 is 0 Å². The highest BCUT2D eigenvalue weighted by Crippen LogP contribution is 2.23. The van der Waals surface area contributed by atoms with E-state index < -0.39 is 0 Å². The molecule has 0 spiro atoms. The lowest BCUT2D eigenvalue weighted by molar-refractivity contribution is -0.116. The average Bonchev–Trinajstić information content (AvgIpc) is 2.90. The number of rotatable bonds is 4. The lowest BCUT2D eigenvalue weighted by atomic mass is 10.0. The Morgan fingerprint density at radius 2 is 2.19 bits per heavy atom. The van der Waals surface area contributed by atoms with Crippen molar-refractivity contribution in [3.63, 3.8) is 0 Å². The lowest BCUT2D eigenvalue weighted by Gasteiger charge is -2.16. The first-order valence-corrected chi connectivity index (χ1v) is 7.37. The van der Waals surface area contributed by atoms with Gasteiger partial charge in [0.1, 0.15) is 0 Å². The molecule has 0 aromatic heterocycles. The summed E-state index contributed by atoms with van der Waals surface area (Å²) in [7, 11) is 3.35. The molecular weight excluding hydrogens is 290 g/mol. The Kier molecular flexibility index (Phi) is 5.20. The van der Waals surface area contributed by atoms with Crippen LogP contribution in [0.1, 0.15) is 23.2 Å². The number of benzene rings is 1. The minimum Gasteiger partial charge on any atom is -0.345 e. The summed E-state index contributed by atoms with van der Waals surface area (Å²) in [5.74, 6) is 0.112. The van der Waals surface area contributed by atoms with Gasteiger partial charge in [-0.25, -0.2) is 0 Å². The van der Waals surface area contributed by atoms with Crippen LogP contribution in [0.15, 0.2) is 18.2 Å². The van der Waals surface area contributed by atoms with Crippen LogP contribution in [-0.2, 0) is 4.79 Å². The van der Waals surface area contributed by atoms with Crippen molar-refractivity contribution in [3.05, 3.63) is 28.8 Å². The Morgan fingerprint density at radius 3 is 2.81 bits per heavy atom. The highest BCUT2D eigenvalue weighted by Gasteiger charge is 2.20. The SMILES string of the molecule is CN(C)C(=O)c1ccc(Cl)cc1NC(=O)CC1CCNC1. The van der Waals surface area contributed by atoms with Gasteiger partial charge in [0.15, 0.2) is 0 Å². The van der Waals surface area contributed by atoms with Gasteiger partial charge in [0.25, 0.3) is 5.91 Å². The zero-order valence-corrected chi connectivity index (χ0v) is 13.0. The van der Waals surface area contributed by atoms with Crippen LogP contribution in [0.4, 0.5) is 5.69 Å². The summed E-state index contributed by atoms with van der Waals surface area (Å²) < 4.78 is 0. The molecule has 0 bridgehead atoms. The van der Waals surface area contributed by atoms with Crippen LogP contribution in [-0.4, -0.2) is 43.9 Å². The van der Waals surface area contributed by atoms with E-state index in [0.717, 1.165) is 19.5 Å². The number of nitrogens with zero attached hydrogens (tertiary/aromatic N) is 1. The third kappa shape index (κ3) is 4.19. The smallest absolute Gasteiger partial charge is 0.255 e. The van der Waals surface area contributed by atoms with E-state index in [1.165, 1.54) is 4.90 Å². The first-order chi connectivity index (χ1) is 9.97. The number of amides is 2. The van der Waals surface area contributed by atoms with Gasteiger partial charge in [0.2, 0.25) is 5.91 Å². The Morgan fingerprint density at radius 1 is 1.43 bits per heavy atom. The summed E-state index contributed by atoms with van der Waals surface area (Å²) in [6, 6.07) is 4.90. The van der Waals surface area contributed by atoms with E-state index in [-0.39, 0.29) is 11.8 Å². The van der Waals surface area contributed by atoms with Gasteiger partial charge in [-0.15, -0.1) is 0 Å². The van der Waals surface area contributed by atoms with Crippen molar-refractivity contribution in [2.45, 2.75) is 12.8 Å². The molecule has 1 heterocycles. The second-order valence-corrected chi connectivity index (χ2v) is 5.94. The van der Waals surface area contributed by atoms with E-state index in [9.17, 15) is 9.59 Å². The van der Waals surface area contributed by atoms with Gasteiger partial charge in [-0.3, -0.25) is 9.59 Å². The van der Waals surface area contributed by atoms with Gasteiger partial charge in [0.05, 0.1) is 11.3 Å². The highest BCUT2D eigenvalue weighted by molar-refractivity contribution is 6.31. The first-order valence-electron chi connectivity index (χ1n) is 6.99. The minimum atomic E-state index is -0.163. The van der Waals surface area contributed by atoms with Crippen LogP contribution in [0.2, 0.25) is 5.02 Å². The number of halogens is 1. The molecule has 0 radical (unpaired) electrons. The van der Waals surface area contributed by atoms with Crippen LogP contribution in [0.3, 0.4) is 0 Å². The number of nitrogens with one attached hydrogen (secondary N) is 2. The molecule has 21 heavy (non-hydrogen) atoms. The number of carbonyl (C=O) groups is 2. The van der Waals surface area contributed by atoms with Gasteiger partial charge >= 0.3 is 0 Å². The predicted octanol–water partition coefficient (Wildman–Crippen LogP) is 1.98. The fraction of sp³-hybridized carbons (Fsp3) is 0.467. The fourth-order valence-corrected chi connectivity index (χ4v) is 2.57. The Bertz CT molecular complexity index is 540. The van der Waals surface area contributed by atoms with Crippen LogP contribution >= 0.6 is 11.6 Å². The summed E-state index contributed by atoms with van der Waals surface area (Å²) in [5, 5.41) is 6.54. The molecule has 1 saturated heterocycles. The standard InChI is InChI=1S/C15H20ClN3O2/c1-19(2)15(21)12-4-3-11(16)8-13(12)18-14(20)7-10-5-6-17-9-10/h3-4,8,10,17H,5-7,9H2,1-2H3,(H,18,20). The molecule has 1 aliphatic rings. The second-order valence-electron chi connectivity index (χ2n) is 5.50. The first kappa shape index (κ1) is 15.8. The van der Waals surface area contributed by atoms with Crippen LogP contribution < -0.4 is 10.6 Å². The monoisotopic (exact) mass is 309 g/mol. The van der Waals surface area contributed by atoms with E-state index in [1.807, 2.05) is 0 Å². The maximum absolute atomic E-state index is 12.1. The fourth-order valence-electron chi connectivity index (χ4n) is 2.40. The minimum absolute atomic E-state index is 0.0845. The zero-order chi connectivity index (χ0) is 15.4. The van der Waals surface area contributed by atoms with Crippen molar-refractivity contribution >= 4 is 29.1 Å². The summed E-state index contributed by atoms with van der Waals surface area (Å²) in [4.78, 5) is 25.7. The number of carbonyl (C=O) groups excluding carboxylic acids is 2. The third-order valence-corrected chi connectivity index (χ3v) is 3.76. The van der Waals surface area contributed by atoms with Crippen molar-refractivity contribution < 1.29 is 9.59 Å². The van der Waals surface area contributed by atoms with Gasteiger partial charge in [0, 0.05) is 25.5 Å². The second kappa shape index (κ2) is 6.91. The molecule has 5 nitrogen and oxygen atoms in total. The lowest BCUT2D eigenvalue weighted by Crippen LogP contribution is -2.24. The summed E-state index contributed by atoms with van der Waals surface area (Å²) in [6.45, 7) is 1.83. The molecular formula is C15H20ClN3O2. The quantitative estimate of drug-likeness (QED) is 0.894. The van der Waals surface area contributed by atoms with Gasteiger partial charge < -0.3 is 15.5 Å². The molecule has 114 valence electrons. The molecule has 1 aromatic carbocycles. The molecule has 0 aliphatic carbocycles. The van der Waals surface area contributed by atoms with Crippen LogP contribution in [0.5, 0.6) is 0 Å². The molecule has 1 aliphatic heterocycles. The number of hydrogen-bond acceptors (Lipinski definition) is 3. The molecule has 1 fully saturated rings. The molecule has 1 aromatic rings. The van der Waals surface area contributed by atoms with Crippen LogP contribution in [0.25, 0.3) is 0 Å². The Hall–Kier alpha value is -1.59. The molecule has 2 amide bonds. The molecule has 0 saturated carbocycles. The topological polar surface area (TPSA) is 61.4 Å². The zero-order valence-electron chi connectivity index (χ0n) is 12.3. The van der Waals surface area contributed by atoms with E-state index in [4.69, 9.17) is 11.6 Å². The normalized spacial score (nSPS) is 17.6. The highest BCUT2D eigenvalue weighted by atomic mass is 35.5. The Balaban J connectivity index is 2.12. The van der Waals surface area contributed by atoms with E-state index in [1.54, 1.807) is 32.3 Å². The number of anilines is 1. The van der Waals surface area contributed by atoms with Crippen LogP contribution in [0, 0.1) is 5.92 Å². The van der Waals surface area contributed by atoms with Crippen molar-refractivity contribution in [1.82, 2.24) is 10.2 Å².